The second-order valence-corrected chi connectivity index (χ2v) is 7.31. The van der Waals surface area contributed by atoms with Crippen LogP contribution in [-0.2, 0) is 0 Å². The van der Waals surface area contributed by atoms with Crippen molar-refractivity contribution in [1.82, 2.24) is 10.2 Å². The number of thioether (sulfide) groups is 1. The van der Waals surface area contributed by atoms with Crippen LogP contribution in [0.5, 0.6) is 0 Å². The van der Waals surface area contributed by atoms with Crippen molar-refractivity contribution < 1.29 is 0 Å². The molecule has 3 aliphatic heterocycles. The molecular formula is C18H28N4S. The molecule has 0 aliphatic carbocycles. The van der Waals surface area contributed by atoms with E-state index in [0.29, 0.717) is 5.92 Å². The Labute approximate surface area is 144 Å². The molecule has 2 unspecified atom stereocenters. The topological polar surface area (TPSA) is 40.0 Å². The van der Waals surface area contributed by atoms with Crippen molar-refractivity contribution in [3.63, 3.8) is 0 Å². The highest BCUT2D eigenvalue weighted by molar-refractivity contribution is 8.17. The van der Waals surface area contributed by atoms with Gasteiger partial charge in [-0.05, 0) is 56.8 Å². The van der Waals surface area contributed by atoms with Crippen LogP contribution in [-0.4, -0.2) is 34.5 Å². The molecule has 0 spiro atoms. The molecule has 23 heavy (non-hydrogen) atoms. The minimum atomic E-state index is -0.339. The van der Waals surface area contributed by atoms with Crippen LogP contribution in [0.25, 0.3) is 0 Å². The predicted molar refractivity (Wildman–Crippen MR) is 103 cm³/mol. The fourth-order valence-electron chi connectivity index (χ4n) is 2.30. The predicted octanol–water partition coefficient (Wildman–Crippen LogP) is 4.15. The molecule has 0 saturated carbocycles. The monoisotopic (exact) mass is 332 g/mol. The molecule has 3 rings (SSSR count). The third-order valence-corrected chi connectivity index (χ3v) is 5.54. The van der Waals surface area contributed by atoms with Crippen molar-refractivity contribution in [2.24, 2.45) is 15.9 Å². The zero-order valence-corrected chi connectivity index (χ0v) is 16.0. The number of aliphatic imine (C=N–C) groups is 2. The van der Waals surface area contributed by atoms with Gasteiger partial charge in [-0.2, -0.15) is 0 Å². The Morgan fingerprint density at radius 1 is 1.22 bits per heavy atom. The Kier molecular flexibility index (Phi) is 5.21. The molecule has 5 heteroatoms. The summed E-state index contributed by atoms with van der Waals surface area (Å²) in [6, 6.07) is 0. The van der Waals surface area contributed by atoms with E-state index in [1.54, 1.807) is 11.8 Å². The van der Waals surface area contributed by atoms with E-state index in [1.165, 1.54) is 4.91 Å². The number of nitrogens with one attached hydrogen (secondary N) is 1. The first-order valence-electron chi connectivity index (χ1n) is 8.31. The van der Waals surface area contributed by atoms with Crippen LogP contribution in [0.4, 0.5) is 0 Å². The van der Waals surface area contributed by atoms with Gasteiger partial charge in [0.1, 0.15) is 5.66 Å². The fraction of sp³-hybridized carbons (Fsp3) is 0.556. The number of fused-ring (bicyclic) bond motifs is 2. The summed E-state index contributed by atoms with van der Waals surface area (Å²) in [4.78, 5) is 12.9. The number of rotatable bonds is 2. The Bertz CT molecular complexity index is 615. The second-order valence-electron chi connectivity index (χ2n) is 6.30. The highest BCUT2D eigenvalue weighted by Crippen LogP contribution is 2.41. The molecule has 0 saturated heterocycles. The summed E-state index contributed by atoms with van der Waals surface area (Å²) in [5.74, 6) is 0.473. The first-order valence-corrected chi connectivity index (χ1v) is 9.12. The van der Waals surface area contributed by atoms with Crippen LogP contribution in [0.15, 0.2) is 45.0 Å². The molecule has 2 atom stereocenters. The van der Waals surface area contributed by atoms with Gasteiger partial charge >= 0.3 is 0 Å². The lowest BCUT2D eigenvalue weighted by atomic mass is 9.88. The van der Waals surface area contributed by atoms with Crippen LogP contribution >= 0.6 is 11.8 Å². The minimum absolute atomic E-state index is 0.121. The number of allylic oxidation sites excluding steroid dienone is 2. The summed E-state index contributed by atoms with van der Waals surface area (Å²) >= 11 is 1.72. The molecule has 3 heterocycles. The molecule has 0 bridgehead atoms. The van der Waals surface area contributed by atoms with E-state index < -0.39 is 0 Å². The quantitative estimate of drug-likeness (QED) is 0.826. The maximum atomic E-state index is 4.95. The average molecular weight is 333 g/mol. The SMILES string of the molecule is CC.CNC1(C)C=CC2=C(C=N1)N1C=CC(C)(C(C)C)N=C1S2. The molecule has 0 aromatic heterocycles. The average Bonchev–Trinajstić information content (AvgIpc) is 2.80. The Hall–Kier alpha value is -1.33. The van der Waals surface area contributed by atoms with E-state index in [2.05, 4.69) is 67.3 Å². The van der Waals surface area contributed by atoms with Crippen molar-refractivity contribution >= 4 is 23.1 Å². The molecule has 4 nitrogen and oxygen atoms in total. The molecule has 1 N–H and O–H groups in total. The fourth-order valence-corrected chi connectivity index (χ4v) is 3.39. The minimum Gasteiger partial charge on any atom is -0.294 e. The third-order valence-electron chi connectivity index (χ3n) is 4.51. The van der Waals surface area contributed by atoms with Crippen LogP contribution < -0.4 is 5.32 Å². The van der Waals surface area contributed by atoms with Gasteiger partial charge in [0, 0.05) is 17.3 Å². The Morgan fingerprint density at radius 2 is 1.91 bits per heavy atom. The number of amidine groups is 1. The van der Waals surface area contributed by atoms with Crippen molar-refractivity contribution in [2.75, 3.05) is 7.05 Å². The number of hydrogen-bond acceptors (Lipinski definition) is 5. The molecule has 0 aromatic carbocycles. The zero-order chi connectivity index (χ0) is 17.3. The lowest BCUT2D eigenvalue weighted by molar-refractivity contribution is 0.408. The summed E-state index contributed by atoms with van der Waals surface area (Å²) in [5.41, 5.74) is 0.647. The van der Waals surface area contributed by atoms with Crippen LogP contribution in [0.2, 0.25) is 0 Å². The van der Waals surface area contributed by atoms with E-state index in [-0.39, 0.29) is 11.2 Å². The van der Waals surface area contributed by atoms with E-state index in [1.807, 2.05) is 27.1 Å². The molecule has 0 fully saturated rings. The van der Waals surface area contributed by atoms with Crippen molar-refractivity contribution in [1.29, 1.82) is 0 Å². The summed E-state index contributed by atoms with van der Waals surface area (Å²) < 4.78 is 0. The maximum absolute atomic E-state index is 4.95. The van der Waals surface area contributed by atoms with E-state index in [9.17, 15) is 0 Å². The molecule has 0 amide bonds. The van der Waals surface area contributed by atoms with Crippen LogP contribution in [0, 0.1) is 5.92 Å². The smallest absolute Gasteiger partial charge is 0.173 e. The number of nitrogens with zero attached hydrogens (tertiary/aromatic N) is 3. The molecule has 0 aromatic rings. The molecule has 126 valence electrons. The van der Waals surface area contributed by atoms with Crippen LogP contribution in [0.1, 0.15) is 41.5 Å². The lowest BCUT2D eigenvalue weighted by Gasteiger charge is -2.32. The van der Waals surface area contributed by atoms with Gasteiger partial charge in [-0.3, -0.25) is 20.2 Å². The van der Waals surface area contributed by atoms with E-state index in [0.717, 1.165) is 10.9 Å². The maximum Gasteiger partial charge on any atom is 0.173 e. The Morgan fingerprint density at radius 3 is 2.52 bits per heavy atom. The lowest BCUT2D eigenvalue weighted by Crippen LogP contribution is -2.36. The summed E-state index contributed by atoms with van der Waals surface area (Å²) in [6.07, 6.45) is 10.5. The van der Waals surface area contributed by atoms with Gasteiger partial charge in [0.05, 0.1) is 11.2 Å². The largest absolute Gasteiger partial charge is 0.294 e. The van der Waals surface area contributed by atoms with Gasteiger partial charge in [-0.15, -0.1) is 0 Å². The highest BCUT2D eigenvalue weighted by Gasteiger charge is 2.36. The number of hydrogen-bond donors (Lipinski definition) is 1. The third kappa shape index (κ3) is 3.31. The second kappa shape index (κ2) is 6.65. The summed E-state index contributed by atoms with van der Waals surface area (Å²) in [7, 11) is 1.92. The zero-order valence-electron chi connectivity index (χ0n) is 15.2. The highest BCUT2D eigenvalue weighted by atomic mass is 32.2. The van der Waals surface area contributed by atoms with Gasteiger partial charge in [-0.1, -0.05) is 27.7 Å². The first-order chi connectivity index (χ1) is 10.9. The van der Waals surface area contributed by atoms with Gasteiger partial charge in [-0.25, -0.2) is 0 Å². The van der Waals surface area contributed by atoms with E-state index in [4.69, 9.17) is 4.99 Å². The van der Waals surface area contributed by atoms with Gasteiger partial charge in [0.2, 0.25) is 0 Å². The first kappa shape index (κ1) is 18.0. The van der Waals surface area contributed by atoms with Crippen LogP contribution in [0.3, 0.4) is 0 Å². The van der Waals surface area contributed by atoms with Gasteiger partial charge in [0.25, 0.3) is 0 Å². The van der Waals surface area contributed by atoms with Crippen molar-refractivity contribution in [3.8, 4) is 0 Å². The van der Waals surface area contributed by atoms with E-state index >= 15 is 0 Å². The van der Waals surface area contributed by atoms with Crippen molar-refractivity contribution in [2.45, 2.75) is 52.7 Å². The molecule has 3 aliphatic rings. The Balaban J connectivity index is 0.000000924. The normalized spacial score (nSPS) is 31.5. The van der Waals surface area contributed by atoms with Crippen molar-refractivity contribution in [3.05, 3.63) is 35.0 Å². The van der Waals surface area contributed by atoms with Gasteiger partial charge < -0.3 is 0 Å². The molecule has 0 radical (unpaired) electrons. The molecular weight excluding hydrogens is 304 g/mol. The standard InChI is InChI=1S/C16H22N4S.C2H6/c1-11(2)15(3)8-9-20-12-10-18-16(4,17-5)7-6-13(12)21-14(20)19-15;1-2/h6-11,17H,1-5H3;1-2H3. The summed E-state index contributed by atoms with van der Waals surface area (Å²) in [5, 5.41) is 4.27. The van der Waals surface area contributed by atoms with Gasteiger partial charge in [0.15, 0.2) is 5.17 Å². The summed E-state index contributed by atoms with van der Waals surface area (Å²) in [6.45, 7) is 12.7. The number of likely N-dealkylation sites (N-methyl/N-ethyl adjacent to an activating group) is 1.